The molecule has 0 aliphatic carbocycles. The molecule has 1 saturated heterocycles. The molecule has 0 unspecified atom stereocenters. The van der Waals surface area contributed by atoms with Crippen molar-refractivity contribution in [1.82, 2.24) is 14.9 Å². The van der Waals surface area contributed by atoms with Gasteiger partial charge in [-0.25, -0.2) is 9.97 Å². The minimum Gasteiger partial charge on any atom is -0.495 e. The second-order valence-corrected chi connectivity index (χ2v) is 7.01. The maximum Gasteiger partial charge on any atom is 0.268 e. The molecule has 3 N–H and O–H groups in total. The van der Waals surface area contributed by atoms with Gasteiger partial charge in [-0.2, -0.15) is 0 Å². The highest BCUT2D eigenvalue weighted by molar-refractivity contribution is 6.30. The Kier molecular flexibility index (Phi) is 6.89. The molecule has 0 bridgehead atoms. The van der Waals surface area contributed by atoms with Crippen molar-refractivity contribution < 1.29 is 9.53 Å². The molecule has 1 aromatic carbocycles. The zero-order chi connectivity index (χ0) is 19.9. The van der Waals surface area contributed by atoms with Crippen molar-refractivity contribution in [3.05, 3.63) is 41.3 Å². The van der Waals surface area contributed by atoms with E-state index in [1.807, 2.05) is 18.2 Å². The van der Waals surface area contributed by atoms with Gasteiger partial charge in [0.25, 0.3) is 5.91 Å². The van der Waals surface area contributed by atoms with Crippen LogP contribution in [0.5, 0.6) is 5.75 Å². The van der Waals surface area contributed by atoms with Crippen molar-refractivity contribution in [2.24, 2.45) is 5.73 Å². The molecule has 0 radical (unpaired) electrons. The summed E-state index contributed by atoms with van der Waals surface area (Å²) in [4.78, 5) is 23.8. The summed E-state index contributed by atoms with van der Waals surface area (Å²) >= 11 is 6.15. The molecule has 8 nitrogen and oxygen atoms in total. The molecule has 9 heteroatoms. The average molecular weight is 405 g/mol. The number of nitrogens with one attached hydrogen (secondary N) is 1. The summed E-state index contributed by atoms with van der Waals surface area (Å²) in [6.07, 6.45) is 3.89. The highest BCUT2D eigenvalue weighted by Gasteiger charge is 2.19. The third-order valence-electron chi connectivity index (χ3n) is 4.72. The first-order valence-electron chi connectivity index (χ1n) is 9.23. The number of carbonyl (C=O) groups excluding carboxylic acids is 1. The monoisotopic (exact) mass is 404 g/mol. The lowest BCUT2D eigenvalue weighted by molar-refractivity contribution is 0.0995. The molecular weight excluding hydrogens is 380 g/mol. The average Bonchev–Trinajstić information content (AvgIpc) is 2.72. The van der Waals surface area contributed by atoms with Crippen molar-refractivity contribution in [3.8, 4) is 5.75 Å². The number of methoxy groups -OCH3 is 1. The van der Waals surface area contributed by atoms with Gasteiger partial charge in [-0.15, -0.1) is 0 Å². The SMILES string of the molecule is COc1ccc(Cl)cc1N1CCN(CCCNc2cnc(C(N)=O)cn2)CC1. The topological polar surface area (TPSA) is 96.6 Å². The third-order valence-corrected chi connectivity index (χ3v) is 4.95. The first kappa shape index (κ1) is 20.2. The molecule has 0 atom stereocenters. The van der Waals surface area contributed by atoms with E-state index in [1.165, 1.54) is 12.4 Å². The largest absolute Gasteiger partial charge is 0.495 e. The normalized spacial score (nSPS) is 14.7. The molecule has 2 aromatic rings. The van der Waals surface area contributed by atoms with Crippen LogP contribution in [0.15, 0.2) is 30.6 Å². The van der Waals surface area contributed by atoms with Gasteiger partial charge in [-0.3, -0.25) is 9.69 Å². The number of carbonyl (C=O) groups is 1. The summed E-state index contributed by atoms with van der Waals surface area (Å²) in [6.45, 7) is 5.63. The van der Waals surface area contributed by atoms with Crippen molar-refractivity contribution in [2.45, 2.75) is 6.42 Å². The van der Waals surface area contributed by atoms with Crippen LogP contribution in [0.1, 0.15) is 16.9 Å². The Balaban J connectivity index is 1.40. The van der Waals surface area contributed by atoms with Gasteiger partial charge in [-0.1, -0.05) is 11.6 Å². The quantitative estimate of drug-likeness (QED) is 0.648. The molecule has 0 saturated carbocycles. The van der Waals surface area contributed by atoms with E-state index in [0.717, 1.165) is 62.1 Å². The van der Waals surface area contributed by atoms with Crippen LogP contribution in [-0.2, 0) is 0 Å². The van der Waals surface area contributed by atoms with E-state index >= 15 is 0 Å². The van der Waals surface area contributed by atoms with Crippen molar-refractivity contribution in [1.29, 1.82) is 0 Å². The van der Waals surface area contributed by atoms with Crippen LogP contribution >= 0.6 is 11.6 Å². The van der Waals surface area contributed by atoms with E-state index in [-0.39, 0.29) is 5.69 Å². The number of nitrogens with two attached hydrogens (primary N) is 1. The van der Waals surface area contributed by atoms with Crippen LogP contribution in [0.4, 0.5) is 11.5 Å². The van der Waals surface area contributed by atoms with E-state index in [2.05, 4.69) is 25.1 Å². The molecule has 28 heavy (non-hydrogen) atoms. The summed E-state index contributed by atoms with van der Waals surface area (Å²) in [6, 6.07) is 5.72. The number of ether oxygens (including phenoxy) is 1. The molecule has 1 fully saturated rings. The fourth-order valence-electron chi connectivity index (χ4n) is 3.19. The van der Waals surface area contributed by atoms with Gasteiger partial charge in [0, 0.05) is 37.7 Å². The lowest BCUT2D eigenvalue weighted by atomic mass is 10.2. The van der Waals surface area contributed by atoms with Gasteiger partial charge in [0.05, 0.1) is 25.2 Å². The predicted molar refractivity (Wildman–Crippen MR) is 110 cm³/mol. The zero-order valence-corrected chi connectivity index (χ0v) is 16.7. The number of rotatable bonds is 8. The van der Waals surface area contributed by atoms with E-state index < -0.39 is 5.91 Å². The number of hydrogen-bond acceptors (Lipinski definition) is 7. The van der Waals surface area contributed by atoms with Gasteiger partial charge in [0.2, 0.25) is 0 Å². The fourth-order valence-corrected chi connectivity index (χ4v) is 3.35. The Morgan fingerprint density at radius 3 is 2.68 bits per heavy atom. The number of nitrogens with zero attached hydrogens (tertiary/aromatic N) is 4. The van der Waals surface area contributed by atoms with Gasteiger partial charge in [0.15, 0.2) is 0 Å². The van der Waals surface area contributed by atoms with Crippen molar-refractivity contribution in [3.63, 3.8) is 0 Å². The number of hydrogen-bond donors (Lipinski definition) is 2. The highest BCUT2D eigenvalue weighted by Crippen LogP contribution is 2.31. The van der Waals surface area contributed by atoms with Crippen LogP contribution < -0.4 is 20.7 Å². The number of piperazine rings is 1. The van der Waals surface area contributed by atoms with Crippen LogP contribution in [0.25, 0.3) is 0 Å². The van der Waals surface area contributed by atoms with Crippen LogP contribution in [0.3, 0.4) is 0 Å². The minimum atomic E-state index is -0.575. The van der Waals surface area contributed by atoms with Crippen LogP contribution in [0.2, 0.25) is 5.02 Å². The molecule has 1 aliphatic rings. The number of primary amides is 1. The number of benzene rings is 1. The first-order valence-corrected chi connectivity index (χ1v) is 9.61. The Morgan fingerprint density at radius 2 is 2.04 bits per heavy atom. The van der Waals surface area contributed by atoms with Gasteiger partial charge in [0.1, 0.15) is 17.3 Å². The molecule has 150 valence electrons. The Hall–Kier alpha value is -2.58. The van der Waals surface area contributed by atoms with Gasteiger partial charge < -0.3 is 20.7 Å². The summed E-state index contributed by atoms with van der Waals surface area (Å²) in [5, 5.41) is 3.93. The summed E-state index contributed by atoms with van der Waals surface area (Å²) in [7, 11) is 1.68. The van der Waals surface area contributed by atoms with E-state index in [0.29, 0.717) is 5.82 Å². The zero-order valence-electron chi connectivity index (χ0n) is 15.9. The van der Waals surface area contributed by atoms with E-state index in [1.54, 1.807) is 7.11 Å². The third kappa shape index (κ3) is 5.24. The number of anilines is 2. The smallest absolute Gasteiger partial charge is 0.268 e. The number of amides is 1. The second-order valence-electron chi connectivity index (χ2n) is 6.58. The van der Waals surface area contributed by atoms with Crippen molar-refractivity contribution in [2.75, 3.05) is 56.6 Å². The second kappa shape index (κ2) is 9.57. The molecule has 1 aromatic heterocycles. The van der Waals surface area contributed by atoms with Crippen molar-refractivity contribution >= 4 is 29.0 Å². The van der Waals surface area contributed by atoms with Gasteiger partial charge >= 0.3 is 0 Å². The molecule has 3 rings (SSSR count). The Bertz CT molecular complexity index is 794. The van der Waals surface area contributed by atoms with Crippen LogP contribution in [0, 0.1) is 0 Å². The fraction of sp³-hybridized carbons (Fsp3) is 0.421. The summed E-state index contributed by atoms with van der Waals surface area (Å²) in [5.41, 5.74) is 6.37. The lowest BCUT2D eigenvalue weighted by Gasteiger charge is -2.36. The number of aromatic nitrogens is 2. The van der Waals surface area contributed by atoms with E-state index in [4.69, 9.17) is 22.1 Å². The summed E-state index contributed by atoms with van der Waals surface area (Å²) < 4.78 is 5.46. The van der Waals surface area contributed by atoms with Gasteiger partial charge in [-0.05, 0) is 31.2 Å². The standard InChI is InChI=1S/C19H25ClN6O2/c1-28-17-4-3-14(20)11-16(17)26-9-7-25(8-10-26)6-2-5-22-18-13-23-15(12-24-18)19(21)27/h3-4,11-13H,2,5-10H2,1H3,(H2,21,27)(H,22,24). The highest BCUT2D eigenvalue weighted by atomic mass is 35.5. The maximum atomic E-state index is 11.0. The summed E-state index contributed by atoms with van der Waals surface area (Å²) in [5.74, 6) is 0.918. The minimum absolute atomic E-state index is 0.166. The van der Waals surface area contributed by atoms with Crippen LogP contribution in [-0.4, -0.2) is 67.2 Å². The molecule has 1 amide bonds. The molecular formula is C19H25ClN6O2. The van der Waals surface area contributed by atoms with E-state index in [9.17, 15) is 4.79 Å². The predicted octanol–water partition coefficient (Wildman–Crippen LogP) is 1.86. The lowest BCUT2D eigenvalue weighted by Crippen LogP contribution is -2.47. The first-order chi connectivity index (χ1) is 13.6. The maximum absolute atomic E-state index is 11.0. The molecule has 2 heterocycles. The number of halogens is 1. The molecule has 0 spiro atoms. The molecule has 1 aliphatic heterocycles. The Morgan fingerprint density at radius 1 is 1.25 bits per heavy atom. The Labute approximate surface area is 169 Å².